The third kappa shape index (κ3) is 6.34. The van der Waals surface area contributed by atoms with E-state index in [0.717, 1.165) is 22.7 Å². The maximum absolute atomic E-state index is 2.44. The summed E-state index contributed by atoms with van der Waals surface area (Å²) in [6.07, 6.45) is 0. The Morgan fingerprint density at radius 1 is 0.258 bits per heavy atom. The highest BCUT2D eigenvalue weighted by Gasteiger charge is 2.19. The number of hydrogen-bond acceptors (Lipinski definition) is 1. The number of hydrogen-bond donors (Lipinski definition) is 0. The van der Waals surface area contributed by atoms with Gasteiger partial charge < -0.3 is 9.47 Å². The molecule has 0 aliphatic carbocycles. The minimum absolute atomic E-state index is 1.09. The Bertz CT molecular complexity index is 3960. The molecule has 308 valence electrons. The highest BCUT2D eigenvalue weighted by molar-refractivity contribution is 6.19. The van der Waals surface area contributed by atoms with Gasteiger partial charge in [-0.2, -0.15) is 0 Å². The summed E-state index contributed by atoms with van der Waals surface area (Å²) in [6.45, 7) is 0. The number of aromatic nitrogens is 1. The first kappa shape index (κ1) is 37.8. The van der Waals surface area contributed by atoms with Gasteiger partial charge in [-0.1, -0.05) is 188 Å². The van der Waals surface area contributed by atoms with Crippen LogP contribution in [-0.4, -0.2) is 4.57 Å². The molecule has 1 heterocycles. The molecule has 0 aliphatic rings. The number of para-hydroxylation sites is 1. The molecule has 2 heteroatoms. The normalized spacial score (nSPS) is 11.6. The first-order valence-electron chi connectivity index (χ1n) is 22.7. The van der Waals surface area contributed by atoms with Crippen LogP contribution in [0.15, 0.2) is 255 Å². The molecular weight excluding hydrogens is 797 g/mol. The van der Waals surface area contributed by atoms with Gasteiger partial charge in [-0.3, -0.25) is 0 Å². The molecule has 1 aromatic heterocycles. The fourth-order valence-corrected chi connectivity index (χ4v) is 10.3. The van der Waals surface area contributed by atoms with E-state index in [2.05, 4.69) is 264 Å². The van der Waals surface area contributed by atoms with Crippen LogP contribution in [0.25, 0.3) is 104 Å². The van der Waals surface area contributed by atoms with E-state index in [0.29, 0.717) is 0 Å². The molecule has 0 atom stereocenters. The van der Waals surface area contributed by atoms with Crippen molar-refractivity contribution >= 4 is 82.0 Å². The van der Waals surface area contributed by atoms with Crippen LogP contribution in [-0.2, 0) is 0 Å². The molecule has 0 saturated carbocycles. The van der Waals surface area contributed by atoms with Crippen molar-refractivity contribution in [2.45, 2.75) is 0 Å². The fourth-order valence-electron chi connectivity index (χ4n) is 10.3. The lowest BCUT2D eigenvalue weighted by atomic mass is 9.91. The molecule has 0 fully saturated rings. The van der Waals surface area contributed by atoms with Crippen molar-refractivity contribution in [3.8, 4) is 39.1 Å². The molecule has 0 unspecified atom stereocenters. The van der Waals surface area contributed by atoms with Gasteiger partial charge in [-0.05, 0) is 138 Å². The van der Waals surface area contributed by atoms with Crippen LogP contribution in [0.1, 0.15) is 0 Å². The van der Waals surface area contributed by atoms with E-state index in [-0.39, 0.29) is 0 Å². The van der Waals surface area contributed by atoms with Crippen molar-refractivity contribution in [2.24, 2.45) is 0 Å². The standard InChI is InChI=1S/C64H42N2/c1-3-13-44(14-4-1)61-40-48-17-7-8-18-49(48)41-62(61)47-27-33-54(34-28-47)65(55-35-38-57-51(39-55)24-23-45-15-9-11-21-56(45)57)53-31-25-43(26-32-53)50-30-36-59-60-37-29-46-16-10-12-22-58(46)64(60)66(63(59)42-50)52-19-5-2-6-20-52/h1-42H. The smallest absolute Gasteiger partial charge is 0.0619 e. The lowest BCUT2D eigenvalue weighted by Crippen LogP contribution is -2.10. The molecule has 13 rings (SSSR count). The van der Waals surface area contributed by atoms with Crippen molar-refractivity contribution in [3.05, 3.63) is 255 Å². The number of benzene rings is 12. The number of anilines is 3. The van der Waals surface area contributed by atoms with Crippen LogP contribution < -0.4 is 4.90 Å². The summed E-state index contributed by atoms with van der Waals surface area (Å²) < 4.78 is 2.44. The van der Waals surface area contributed by atoms with Gasteiger partial charge in [0.2, 0.25) is 0 Å². The second kappa shape index (κ2) is 15.5. The molecule has 0 amide bonds. The molecule has 0 bridgehead atoms. The largest absolute Gasteiger partial charge is 0.310 e. The molecule has 66 heavy (non-hydrogen) atoms. The summed E-state index contributed by atoms with van der Waals surface area (Å²) in [5.74, 6) is 0. The van der Waals surface area contributed by atoms with Gasteiger partial charge in [0, 0.05) is 38.9 Å². The molecule has 0 radical (unpaired) electrons. The van der Waals surface area contributed by atoms with Crippen molar-refractivity contribution in [1.29, 1.82) is 0 Å². The number of nitrogens with zero attached hydrogens (tertiary/aromatic N) is 2. The topological polar surface area (TPSA) is 8.17 Å². The Hall–Kier alpha value is -8.72. The molecule has 0 N–H and O–H groups in total. The molecule has 0 saturated heterocycles. The van der Waals surface area contributed by atoms with Crippen LogP contribution in [0.3, 0.4) is 0 Å². The highest BCUT2D eigenvalue weighted by atomic mass is 15.1. The maximum Gasteiger partial charge on any atom is 0.0619 e. The molecule has 13 aromatic rings. The van der Waals surface area contributed by atoms with Crippen molar-refractivity contribution in [1.82, 2.24) is 4.57 Å². The van der Waals surface area contributed by atoms with Gasteiger partial charge in [0.25, 0.3) is 0 Å². The SMILES string of the molecule is c1ccc(-c2cc3ccccc3cc2-c2ccc(N(c3ccc(-c4ccc5c6ccc7ccccc7c6n(-c6ccccc6)c5c4)cc3)c3ccc4c(ccc5ccccc54)c3)cc2)cc1. The van der Waals surface area contributed by atoms with Crippen molar-refractivity contribution in [2.75, 3.05) is 4.90 Å². The van der Waals surface area contributed by atoms with Gasteiger partial charge in [0.15, 0.2) is 0 Å². The molecular formula is C64H42N2. The predicted octanol–water partition coefficient (Wildman–Crippen LogP) is 17.9. The first-order chi connectivity index (χ1) is 32.7. The molecule has 0 aliphatic heterocycles. The minimum atomic E-state index is 1.09. The third-order valence-electron chi connectivity index (χ3n) is 13.5. The van der Waals surface area contributed by atoms with Gasteiger partial charge >= 0.3 is 0 Å². The quantitative estimate of drug-likeness (QED) is 0.145. The highest BCUT2D eigenvalue weighted by Crippen LogP contribution is 2.43. The van der Waals surface area contributed by atoms with Crippen molar-refractivity contribution < 1.29 is 0 Å². The number of rotatable bonds is 7. The average Bonchev–Trinajstić information content (AvgIpc) is 3.73. The first-order valence-corrected chi connectivity index (χ1v) is 22.7. The van der Waals surface area contributed by atoms with E-state index in [4.69, 9.17) is 0 Å². The van der Waals surface area contributed by atoms with E-state index in [1.54, 1.807) is 0 Å². The van der Waals surface area contributed by atoms with E-state index in [1.165, 1.54) is 98.3 Å². The van der Waals surface area contributed by atoms with Gasteiger partial charge in [0.1, 0.15) is 0 Å². The summed E-state index contributed by atoms with van der Waals surface area (Å²) in [5.41, 5.74) is 14.1. The van der Waals surface area contributed by atoms with E-state index in [9.17, 15) is 0 Å². The Labute approximate surface area is 383 Å². The fraction of sp³-hybridized carbons (Fsp3) is 0. The monoisotopic (exact) mass is 838 g/mol. The average molecular weight is 839 g/mol. The third-order valence-corrected chi connectivity index (χ3v) is 13.5. The summed E-state index contributed by atoms with van der Waals surface area (Å²) in [6, 6.07) is 93.3. The van der Waals surface area contributed by atoms with Crippen LogP contribution in [0.2, 0.25) is 0 Å². The van der Waals surface area contributed by atoms with Gasteiger partial charge in [-0.15, -0.1) is 0 Å². The molecule has 0 spiro atoms. The maximum atomic E-state index is 2.44. The van der Waals surface area contributed by atoms with Crippen LogP contribution in [0, 0.1) is 0 Å². The minimum Gasteiger partial charge on any atom is -0.310 e. The Kier molecular flexibility index (Phi) is 8.89. The van der Waals surface area contributed by atoms with E-state index >= 15 is 0 Å². The summed E-state index contributed by atoms with van der Waals surface area (Å²) in [4.78, 5) is 2.39. The van der Waals surface area contributed by atoms with E-state index in [1.807, 2.05) is 0 Å². The predicted molar refractivity (Wildman–Crippen MR) is 282 cm³/mol. The lowest BCUT2D eigenvalue weighted by molar-refractivity contribution is 1.19. The van der Waals surface area contributed by atoms with Crippen LogP contribution in [0.5, 0.6) is 0 Å². The summed E-state index contributed by atoms with van der Waals surface area (Å²) in [7, 11) is 0. The zero-order chi connectivity index (χ0) is 43.6. The lowest BCUT2D eigenvalue weighted by Gasteiger charge is -2.26. The number of fused-ring (bicyclic) bond motifs is 9. The van der Waals surface area contributed by atoms with Gasteiger partial charge in [0.05, 0.1) is 11.0 Å². The second-order valence-electron chi connectivity index (χ2n) is 17.3. The van der Waals surface area contributed by atoms with Crippen LogP contribution >= 0.6 is 0 Å². The molecule has 12 aromatic carbocycles. The van der Waals surface area contributed by atoms with E-state index < -0.39 is 0 Å². The van der Waals surface area contributed by atoms with Crippen molar-refractivity contribution in [3.63, 3.8) is 0 Å². The Balaban J connectivity index is 0.938. The summed E-state index contributed by atoms with van der Waals surface area (Å²) in [5, 5.41) is 12.5. The zero-order valence-corrected chi connectivity index (χ0v) is 36.1. The zero-order valence-electron chi connectivity index (χ0n) is 36.1. The Morgan fingerprint density at radius 3 is 1.42 bits per heavy atom. The van der Waals surface area contributed by atoms with Crippen LogP contribution in [0.4, 0.5) is 17.1 Å². The molecule has 2 nitrogen and oxygen atoms in total. The Morgan fingerprint density at radius 2 is 0.727 bits per heavy atom. The summed E-state index contributed by atoms with van der Waals surface area (Å²) >= 11 is 0. The second-order valence-corrected chi connectivity index (χ2v) is 17.3. The van der Waals surface area contributed by atoms with Gasteiger partial charge in [-0.25, -0.2) is 0 Å².